The first-order valence-corrected chi connectivity index (χ1v) is 13.9. The number of para-hydroxylation sites is 1. The number of nitrogens with zero attached hydrogens (tertiary/aromatic N) is 3. The van der Waals surface area contributed by atoms with Crippen molar-refractivity contribution in [2.24, 2.45) is 10.9 Å². The number of alkyl halides is 3. The van der Waals surface area contributed by atoms with Crippen molar-refractivity contribution in [1.82, 2.24) is 0 Å². The van der Waals surface area contributed by atoms with Crippen molar-refractivity contribution in [3.63, 3.8) is 0 Å². The minimum Gasteiger partial charge on any atom is -0.481 e. The summed E-state index contributed by atoms with van der Waals surface area (Å²) in [5, 5.41) is 9.83. The predicted molar refractivity (Wildman–Crippen MR) is 146 cm³/mol. The number of hydrogen-bond acceptors (Lipinski definition) is 5. The molecule has 3 aromatic rings. The van der Waals surface area contributed by atoms with Crippen LogP contribution in [0.1, 0.15) is 36.4 Å². The first-order chi connectivity index (χ1) is 19.1. The van der Waals surface area contributed by atoms with Gasteiger partial charge < -0.3 is 14.9 Å². The quantitative estimate of drug-likeness (QED) is 0.241. The zero-order valence-electron chi connectivity index (χ0n) is 21.5. The van der Waals surface area contributed by atoms with Gasteiger partial charge >= 0.3 is 12.1 Å². The maximum absolute atomic E-state index is 15.1. The van der Waals surface area contributed by atoms with E-state index >= 15 is 4.39 Å². The van der Waals surface area contributed by atoms with Crippen LogP contribution >= 0.6 is 11.8 Å². The summed E-state index contributed by atoms with van der Waals surface area (Å²) < 4.78 is 70.0. The monoisotopic (exact) mass is 575 g/mol. The Bertz CT molecular complexity index is 1440. The van der Waals surface area contributed by atoms with E-state index in [1.54, 1.807) is 29.4 Å². The number of amidine groups is 1. The van der Waals surface area contributed by atoms with E-state index < -0.39 is 36.0 Å². The number of rotatable bonds is 6. The summed E-state index contributed by atoms with van der Waals surface area (Å²) in [5.41, 5.74) is 0.469. The van der Waals surface area contributed by atoms with Crippen LogP contribution in [0.2, 0.25) is 0 Å². The highest BCUT2D eigenvalue weighted by molar-refractivity contribution is 7.98. The van der Waals surface area contributed by atoms with Crippen LogP contribution in [0.25, 0.3) is 0 Å². The van der Waals surface area contributed by atoms with E-state index in [9.17, 15) is 27.5 Å². The fourth-order valence-electron chi connectivity index (χ4n) is 5.43. The second-order valence-electron chi connectivity index (χ2n) is 9.75. The highest BCUT2D eigenvalue weighted by Crippen LogP contribution is 2.47. The lowest BCUT2D eigenvalue weighted by Crippen LogP contribution is -2.46. The number of carbonyl (C=O) groups is 1. The molecule has 0 spiro atoms. The molecule has 2 aliphatic rings. The Hall–Kier alpha value is -3.60. The van der Waals surface area contributed by atoms with E-state index in [1.807, 2.05) is 0 Å². The molecule has 1 fully saturated rings. The van der Waals surface area contributed by atoms with Gasteiger partial charge in [0.2, 0.25) is 0 Å². The first-order valence-electron chi connectivity index (χ1n) is 12.7. The van der Waals surface area contributed by atoms with Crippen LogP contribution in [-0.4, -0.2) is 36.3 Å². The Morgan fingerprint density at radius 3 is 2.38 bits per heavy atom. The molecule has 1 saturated heterocycles. The highest BCUT2D eigenvalue weighted by atomic mass is 32.2. The molecule has 1 atom stereocenters. The summed E-state index contributed by atoms with van der Waals surface area (Å²) in [6.07, 6.45) is -2.29. The Kier molecular flexibility index (Phi) is 7.76. The van der Waals surface area contributed by atoms with E-state index in [-0.39, 0.29) is 23.1 Å². The third-order valence-corrected chi connectivity index (χ3v) is 8.13. The average molecular weight is 576 g/mol. The van der Waals surface area contributed by atoms with Gasteiger partial charge in [-0.3, -0.25) is 4.79 Å². The van der Waals surface area contributed by atoms with Gasteiger partial charge in [0.1, 0.15) is 23.2 Å². The molecule has 0 radical (unpaired) electrons. The van der Waals surface area contributed by atoms with Crippen molar-refractivity contribution >= 4 is 40.6 Å². The number of fused-ring (bicyclic) bond motifs is 1. The fraction of sp³-hybridized carbons (Fsp3) is 0.310. The summed E-state index contributed by atoms with van der Waals surface area (Å²) in [6, 6.07) is 12.8. The fourth-order valence-corrected chi connectivity index (χ4v) is 6.00. The second kappa shape index (κ2) is 11.1. The van der Waals surface area contributed by atoms with Crippen molar-refractivity contribution in [2.45, 2.75) is 36.4 Å². The van der Waals surface area contributed by atoms with E-state index in [4.69, 9.17) is 0 Å². The number of benzene rings is 3. The van der Waals surface area contributed by atoms with Crippen LogP contribution < -0.4 is 9.80 Å². The molecule has 210 valence electrons. The van der Waals surface area contributed by atoms with Gasteiger partial charge in [-0.25, -0.2) is 13.8 Å². The van der Waals surface area contributed by atoms with Gasteiger partial charge in [-0.15, -0.1) is 11.8 Å². The number of carboxylic acids is 1. The molecule has 0 aliphatic carbocycles. The number of hydrogen-bond donors (Lipinski definition) is 1. The predicted octanol–water partition coefficient (Wildman–Crippen LogP) is 7.69. The molecule has 1 unspecified atom stereocenters. The zero-order valence-corrected chi connectivity index (χ0v) is 22.3. The molecule has 0 bridgehead atoms. The number of aliphatic carboxylic acids is 1. The molecule has 5 rings (SSSR count). The van der Waals surface area contributed by atoms with Crippen LogP contribution in [0.5, 0.6) is 0 Å². The molecule has 0 aromatic heterocycles. The van der Waals surface area contributed by atoms with Crippen LogP contribution in [0.4, 0.5) is 39.0 Å². The molecule has 40 heavy (non-hydrogen) atoms. The van der Waals surface area contributed by atoms with Crippen molar-refractivity contribution in [3.05, 3.63) is 83.4 Å². The lowest BCUT2D eigenvalue weighted by molar-refractivity contribution is -0.138. The summed E-state index contributed by atoms with van der Waals surface area (Å²) in [5.74, 6) is -2.08. The Labute approximate surface area is 232 Å². The molecule has 2 aliphatic heterocycles. The number of thioether (sulfide) groups is 1. The first kappa shape index (κ1) is 27.9. The second-order valence-corrected chi connectivity index (χ2v) is 10.6. The summed E-state index contributed by atoms with van der Waals surface area (Å²) in [6.45, 7) is 1.10. The third-order valence-electron chi connectivity index (χ3n) is 7.35. The van der Waals surface area contributed by atoms with Crippen molar-refractivity contribution < 1.29 is 31.9 Å². The van der Waals surface area contributed by atoms with E-state index in [1.165, 1.54) is 42.1 Å². The Morgan fingerprint density at radius 2 is 1.75 bits per heavy atom. The highest BCUT2D eigenvalue weighted by Gasteiger charge is 2.40. The minimum absolute atomic E-state index is 0.0126. The SMILES string of the molecule is CSc1ccc(C(F)(F)F)cc1N1C(C2CCN(c3ccc(F)cc3)CC2)=Nc2c(F)cccc2C1CC(=O)O. The van der Waals surface area contributed by atoms with Crippen LogP contribution in [0, 0.1) is 17.6 Å². The molecule has 3 aromatic carbocycles. The number of halogens is 5. The average Bonchev–Trinajstić information content (AvgIpc) is 2.93. The molecule has 0 amide bonds. The van der Waals surface area contributed by atoms with Gasteiger partial charge in [0.15, 0.2) is 0 Å². The van der Waals surface area contributed by atoms with Crippen LogP contribution in [0.3, 0.4) is 0 Å². The maximum Gasteiger partial charge on any atom is 0.416 e. The van der Waals surface area contributed by atoms with Crippen LogP contribution in [0.15, 0.2) is 70.6 Å². The topological polar surface area (TPSA) is 56.1 Å². The van der Waals surface area contributed by atoms with Gasteiger partial charge in [0, 0.05) is 35.2 Å². The zero-order chi connectivity index (χ0) is 28.6. The molecule has 11 heteroatoms. The number of carboxylic acid groups (broad SMARTS) is 1. The summed E-state index contributed by atoms with van der Waals surface area (Å²) in [4.78, 5) is 20.9. The Morgan fingerprint density at radius 1 is 1.05 bits per heavy atom. The van der Waals surface area contributed by atoms with E-state index in [0.29, 0.717) is 42.2 Å². The van der Waals surface area contributed by atoms with Gasteiger partial charge in [-0.05, 0) is 67.6 Å². The van der Waals surface area contributed by atoms with Gasteiger partial charge in [0.05, 0.1) is 23.7 Å². The molecule has 2 heterocycles. The molecule has 5 nitrogen and oxygen atoms in total. The standard InChI is InChI=1S/C29H26F5N3O2S/c1-40-25-10-5-18(29(32,33)34)15-24(25)37-23(16-26(38)39)21-3-2-4-22(31)27(21)35-28(37)17-11-13-36(14-12-17)20-8-6-19(30)7-9-20/h2-10,15,17,23H,11-14,16H2,1H3,(H,38,39). The lowest BCUT2D eigenvalue weighted by atomic mass is 9.89. The summed E-state index contributed by atoms with van der Waals surface area (Å²) >= 11 is 1.24. The largest absolute Gasteiger partial charge is 0.481 e. The molecular weight excluding hydrogens is 549 g/mol. The van der Waals surface area contributed by atoms with Gasteiger partial charge in [-0.2, -0.15) is 13.2 Å². The lowest BCUT2D eigenvalue weighted by Gasteiger charge is -2.43. The smallest absolute Gasteiger partial charge is 0.416 e. The number of piperidine rings is 1. The minimum atomic E-state index is -4.62. The number of anilines is 2. The molecule has 0 saturated carbocycles. The molecular formula is C29H26F5N3O2S. The number of aliphatic imine (C=N–C) groups is 1. The van der Waals surface area contributed by atoms with E-state index in [0.717, 1.165) is 17.8 Å². The summed E-state index contributed by atoms with van der Waals surface area (Å²) in [7, 11) is 0. The Balaban J connectivity index is 1.61. The maximum atomic E-state index is 15.1. The van der Waals surface area contributed by atoms with Gasteiger partial charge in [-0.1, -0.05) is 12.1 Å². The van der Waals surface area contributed by atoms with Crippen molar-refractivity contribution in [2.75, 3.05) is 29.1 Å². The third kappa shape index (κ3) is 5.52. The molecule has 1 N–H and O–H groups in total. The van der Waals surface area contributed by atoms with Gasteiger partial charge in [0.25, 0.3) is 0 Å². The normalized spacial score (nSPS) is 17.9. The van der Waals surface area contributed by atoms with Crippen molar-refractivity contribution in [1.29, 1.82) is 0 Å². The van der Waals surface area contributed by atoms with E-state index in [2.05, 4.69) is 9.89 Å². The van der Waals surface area contributed by atoms with Crippen molar-refractivity contribution in [3.8, 4) is 0 Å². The van der Waals surface area contributed by atoms with Crippen LogP contribution in [-0.2, 0) is 11.0 Å².